The van der Waals surface area contributed by atoms with Gasteiger partial charge in [-0.2, -0.15) is 0 Å². The normalized spacial score (nSPS) is 25.9. The van der Waals surface area contributed by atoms with E-state index in [0.29, 0.717) is 0 Å². The Morgan fingerprint density at radius 2 is 1.81 bits per heavy atom. The number of amides is 1. The Kier molecular flexibility index (Phi) is 4.95. The van der Waals surface area contributed by atoms with Crippen molar-refractivity contribution in [2.75, 3.05) is 0 Å². The second kappa shape index (κ2) is 6.37. The van der Waals surface area contributed by atoms with Crippen molar-refractivity contribution < 1.29 is 4.79 Å². The van der Waals surface area contributed by atoms with E-state index in [1.54, 1.807) is 0 Å². The summed E-state index contributed by atoms with van der Waals surface area (Å²) >= 11 is 5.98. The van der Waals surface area contributed by atoms with E-state index in [1.165, 1.54) is 0 Å². The molecular formula is C17H25ClN2O. The summed E-state index contributed by atoms with van der Waals surface area (Å²) in [6, 6.07) is 8.04. The molecule has 2 atom stereocenters. The summed E-state index contributed by atoms with van der Waals surface area (Å²) in [5, 5.41) is 4.25. The molecule has 0 spiro atoms. The molecule has 116 valence electrons. The minimum Gasteiger partial charge on any atom is -0.318 e. The number of carbonyl (C=O) groups is 1. The summed E-state index contributed by atoms with van der Waals surface area (Å²) < 4.78 is 0. The maximum atomic E-state index is 12.9. The molecule has 4 heteroatoms. The molecule has 1 aromatic carbocycles. The van der Waals surface area contributed by atoms with Crippen LogP contribution in [0.3, 0.4) is 0 Å². The summed E-state index contributed by atoms with van der Waals surface area (Å²) in [7, 11) is 0. The van der Waals surface area contributed by atoms with Crippen molar-refractivity contribution in [1.82, 2.24) is 10.2 Å². The van der Waals surface area contributed by atoms with Crippen molar-refractivity contribution in [2.45, 2.75) is 64.7 Å². The average molecular weight is 309 g/mol. The number of halogens is 1. The number of carbonyl (C=O) groups excluding carboxylic acids is 1. The second-order valence-corrected chi connectivity index (χ2v) is 6.40. The second-order valence-electron chi connectivity index (χ2n) is 5.97. The average Bonchev–Trinajstić information content (AvgIpc) is 2.75. The molecule has 0 aromatic heterocycles. The van der Waals surface area contributed by atoms with Crippen molar-refractivity contribution in [3.05, 3.63) is 34.9 Å². The monoisotopic (exact) mass is 308 g/mol. The van der Waals surface area contributed by atoms with Crippen LogP contribution >= 0.6 is 11.6 Å². The van der Waals surface area contributed by atoms with Gasteiger partial charge in [-0.05, 0) is 43.9 Å². The molecule has 1 amide bonds. The Morgan fingerprint density at radius 3 is 2.29 bits per heavy atom. The first kappa shape index (κ1) is 16.3. The topological polar surface area (TPSA) is 32.3 Å². The maximum absolute atomic E-state index is 12.9. The zero-order valence-corrected chi connectivity index (χ0v) is 14.1. The van der Waals surface area contributed by atoms with Gasteiger partial charge in [0.25, 0.3) is 0 Å². The number of rotatable bonds is 5. The lowest BCUT2D eigenvalue weighted by Crippen LogP contribution is -2.44. The van der Waals surface area contributed by atoms with E-state index in [9.17, 15) is 4.79 Å². The van der Waals surface area contributed by atoms with Crippen molar-refractivity contribution in [2.24, 2.45) is 0 Å². The van der Waals surface area contributed by atoms with Crippen molar-refractivity contribution in [3.8, 4) is 0 Å². The fourth-order valence-corrected chi connectivity index (χ4v) is 3.16. The Hall–Kier alpha value is -1.06. The summed E-state index contributed by atoms with van der Waals surface area (Å²) in [4.78, 5) is 14.9. The first-order valence-corrected chi connectivity index (χ1v) is 8.20. The van der Waals surface area contributed by atoms with E-state index in [4.69, 9.17) is 11.6 Å². The van der Waals surface area contributed by atoms with Crippen molar-refractivity contribution in [3.63, 3.8) is 0 Å². The highest BCUT2D eigenvalue weighted by Gasteiger charge is 2.48. The molecule has 1 fully saturated rings. The number of benzene rings is 1. The van der Waals surface area contributed by atoms with E-state index in [-0.39, 0.29) is 18.1 Å². The van der Waals surface area contributed by atoms with E-state index < -0.39 is 5.54 Å². The smallest absolute Gasteiger partial charge is 0.244 e. The van der Waals surface area contributed by atoms with Gasteiger partial charge >= 0.3 is 0 Å². The van der Waals surface area contributed by atoms with Gasteiger partial charge in [0.2, 0.25) is 5.91 Å². The van der Waals surface area contributed by atoms with Crippen molar-refractivity contribution >= 4 is 17.5 Å². The van der Waals surface area contributed by atoms with Crippen LogP contribution in [0.2, 0.25) is 5.02 Å². The number of hydrogen-bond acceptors (Lipinski definition) is 2. The first-order valence-electron chi connectivity index (χ1n) is 7.82. The molecule has 1 aromatic rings. The van der Waals surface area contributed by atoms with Crippen LogP contribution in [0.4, 0.5) is 0 Å². The van der Waals surface area contributed by atoms with Crippen LogP contribution in [0.5, 0.6) is 0 Å². The summed E-state index contributed by atoms with van der Waals surface area (Å²) in [5.41, 5.74) is 0.615. The van der Waals surface area contributed by atoms with Crippen LogP contribution < -0.4 is 5.32 Å². The minimum atomic E-state index is -0.479. The molecule has 0 saturated carbocycles. The summed E-state index contributed by atoms with van der Waals surface area (Å²) in [5.74, 6) is 0.207. The van der Waals surface area contributed by atoms with Gasteiger partial charge in [-0.25, -0.2) is 0 Å². The maximum Gasteiger partial charge on any atom is 0.244 e. The van der Waals surface area contributed by atoms with Gasteiger partial charge < -0.3 is 4.90 Å². The van der Waals surface area contributed by atoms with E-state index in [0.717, 1.165) is 29.8 Å². The van der Waals surface area contributed by atoms with Crippen LogP contribution in [0.15, 0.2) is 24.3 Å². The van der Waals surface area contributed by atoms with Gasteiger partial charge in [0.15, 0.2) is 0 Å². The van der Waals surface area contributed by atoms with Gasteiger partial charge in [0.1, 0.15) is 6.17 Å². The molecule has 21 heavy (non-hydrogen) atoms. The predicted octanol–water partition coefficient (Wildman–Crippen LogP) is 4.13. The third kappa shape index (κ3) is 2.95. The van der Waals surface area contributed by atoms with E-state index in [2.05, 4.69) is 26.1 Å². The molecule has 1 saturated heterocycles. The van der Waals surface area contributed by atoms with Gasteiger partial charge in [0.05, 0.1) is 5.54 Å². The Labute approximate surface area is 132 Å². The summed E-state index contributed by atoms with van der Waals surface area (Å²) in [6.45, 7) is 8.34. The standard InChI is InChI=1S/C17H25ClN2O/c1-5-14(6-2)20-15(12-8-10-13(18)11-9-12)19-17(4,7-3)16(20)21/h8-11,14-15,19H,5-7H2,1-4H3. The molecule has 0 aliphatic carbocycles. The molecule has 0 radical (unpaired) electrons. The Balaban J connectivity index is 2.40. The minimum absolute atomic E-state index is 0.0652. The van der Waals surface area contributed by atoms with Gasteiger partial charge in [-0.15, -0.1) is 0 Å². The lowest BCUT2D eigenvalue weighted by molar-refractivity contribution is -0.135. The largest absolute Gasteiger partial charge is 0.318 e. The van der Waals surface area contributed by atoms with Crippen LogP contribution in [0.1, 0.15) is 58.7 Å². The highest BCUT2D eigenvalue weighted by molar-refractivity contribution is 6.30. The van der Waals surface area contributed by atoms with Crippen LogP contribution in [0.25, 0.3) is 0 Å². The van der Waals surface area contributed by atoms with Gasteiger partial charge in [-0.1, -0.05) is 44.5 Å². The quantitative estimate of drug-likeness (QED) is 0.887. The highest BCUT2D eigenvalue weighted by Crippen LogP contribution is 2.35. The third-order valence-corrected chi connectivity index (χ3v) is 4.92. The number of nitrogens with one attached hydrogen (secondary N) is 1. The zero-order chi connectivity index (χ0) is 15.6. The highest BCUT2D eigenvalue weighted by atomic mass is 35.5. The third-order valence-electron chi connectivity index (χ3n) is 4.67. The molecule has 2 rings (SSSR count). The van der Waals surface area contributed by atoms with Crippen LogP contribution in [0, 0.1) is 0 Å². The molecule has 1 aliphatic rings. The molecular weight excluding hydrogens is 284 g/mol. The van der Waals surface area contributed by atoms with E-state index in [1.807, 2.05) is 36.1 Å². The van der Waals surface area contributed by atoms with Gasteiger partial charge in [0, 0.05) is 11.1 Å². The molecule has 3 nitrogen and oxygen atoms in total. The summed E-state index contributed by atoms with van der Waals surface area (Å²) in [6.07, 6.45) is 2.65. The Bertz CT molecular complexity index is 498. The Morgan fingerprint density at radius 1 is 1.24 bits per heavy atom. The lowest BCUT2D eigenvalue weighted by Gasteiger charge is -2.32. The first-order chi connectivity index (χ1) is 9.96. The van der Waals surface area contributed by atoms with Crippen LogP contribution in [-0.4, -0.2) is 22.4 Å². The number of hydrogen-bond donors (Lipinski definition) is 1. The van der Waals surface area contributed by atoms with Gasteiger partial charge in [-0.3, -0.25) is 10.1 Å². The molecule has 2 unspecified atom stereocenters. The van der Waals surface area contributed by atoms with Crippen LogP contribution in [-0.2, 0) is 4.79 Å². The fourth-order valence-electron chi connectivity index (χ4n) is 3.04. The molecule has 1 heterocycles. The molecule has 0 bridgehead atoms. The van der Waals surface area contributed by atoms with E-state index >= 15 is 0 Å². The van der Waals surface area contributed by atoms with Crippen molar-refractivity contribution in [1.29, 1.82) is 0 Å². The number of nitrogens with zero attached hydrogens (tertiary/aromatic N) is 1. The SMILES string of the molecule is CCC(CC)N1C(=O)C(C)(CC)NC1c1ccc(Cl)cc1. The zero-order valence-electron chi connectivity index (χ0n) is 13.3. The lowest BCUT2D eigenvalue weighted by atomic mass is 9.98. The molecule has 1 N–H and O–H groups in total. The molecule has 1 aliphatic heterocycles. The fraction of sp³-hybridized carbons (Fsp3) is 0.588. The predicted molar refractivity (Wildman–Crippen MR) is 87.2 cm³/mol.